The molecule has 0 aliphatic rings. The van der Waals surface area contributed by atoms with Gasteiger partial charge in [-0.3, -0.25) is 4.98 Å². The van der Waals surface area contributed by atoms with E-state index in [1.807, 2.05) is 0 Å². The SMILES string of the molecule is CCS(=O)(=O)c1cccnc1-c1nc2cc(OC(F)(F)F)ccc2n1C. The topological polar surface area (TPSA) is 74.1 Å². The third-order valence-electron chi connectivity index (χ3n) is 3.78. The zero-order valence-corrected chi connectivity index (χ0v) is 14.6. The molecule has 0 atom stereocenters. The molecule has 2 aromatic heterocycles. The Morgan fingerprint density at radius 3 is 2.62 bits per heavy atom. The molecule has 0 bridgehead atoms. The first kappa shape index (κ1) is 18.2. The fraction of sp³-hybridized carbons (Fsp3) is 0.250. The lowest BCUT2D eigenvalue weighted by atomic mass is 10.3. The monoisotopic (exact) mass is 385 g/mol. The molecule has 0 aliphatic carbocycles. The summed E-state index contributed by atoms with van der Waals surface area (Å²) < 4.78 is 67.3. The molecule has 0 saturated carbocycles. The van der Waals surface area contributed by atoms with Gasteiger partial charge in [0.25, 0.3) is 0 Å². The fourth-order valence-electron chi connectivity index (χ4n) is 2.55. The van der Waals surface area contributed by atoms with Gasteiger partial charge in [-0.1, -0.05) is 6.92 Å². The molecule has 138 valence electrons. The molecule has 3 aromatic rings. The number of benzene rings is 1. The van der Waals surface area contributed by atoms with Gasteiger partial charge in [0.1, 0.15) is 11.4 Å². The van der Waals surface area contributed by atoms with Crippen LogP contribution in [0.5, 0.6) is 5.75 Å². The first-order chi connectivity index (χ1) is 12.1. The van der Waals surface area contributed by atoms with Crippen molar-refractivity contribution in [3.05, 3.63) is 36.5 Å². The normalized spacial score (nSPS) is 12.5. The summed E-state index contributed by atoms with van der Waals surface area (Å²) in [4.78, 5) is 8.42. The second kappa shape index (κ2) is 6.27. The van der Waals surface area contributed by atoms with Crippen molar-refractivity contribution in [2.45, 2.75) is 18.2 Å². The highest BCUT2D eigenvalue weighted by molar-refractivity contribution is 7.91. The number of hydrogen-bond donors (Lipinski definition) is 0. The Labute approximate surface area is 147 Å². The van der Waals surface area contributed by atoms with Gasteiger partial charge in [-0.05, 0) is 24.3 Å². The predicted molar refractivity (Wildman–Crippen MR) is 88.4 cm³/mol. The number of imidazole rings is 1. The smallest absolute Gasteiger partial charge is 0.406 e. The van der Waals surface area contributed by atoms with Crippen molar-refractivity contribution in [3.63, 3.8) is 0 Å². The minimum atomic E-state index is -4.81. The second-order valence-corrected chi connectivity index (χ2v) is 7.69. The lowest BCUT2D eigenvalue weighted by Gasteiger charge is -2.08. The summed E-state index contributed by atoms with van der Waals surface area (Å²) >= 11 is 0. The predicted octanol–water partition coefficient (Wildman–Crippen LogP) is 3.33. The standard InChI is InChI=1S/C16H14F3N3O3S/c1-3-26(23,24)13-5-4-8-20-14(13)15-21-11-9-10(25-16(17,18)19)6-7-12(11)22(15)2/h4-9H,3H2,1-2H3. The van der Waals surface area contributed by atoms with Crippen LogP contribution in [0.1, 0.15) is 6.92 Å². The summed E-state index contributed by atoms with van der Waals surface area (Å²) in [5, 5.41) is 0. The molecule has 2 heterocycles. The zero-order valence-electron chi connectivity index (χ0n) is 13.8. The van der Waals surface area contributed by atoms with E-state index in [2.05, 4.69) is 14.7 Å². The molecule has 1 aromatic carbocycles. The van der Waals surface area contributed by atoms with Crippen LogP contribution in [0.4, 0.5) is 13.2 Å². The van der Waals surface area contributed by atoms with E-state index in [1.54, 1.807) is 11.6 Å². The molecule has 3 rings (SSSR count). The lowest BCUT2D eigenvalue weighted by molar-refractivity contribution is -0.274. The van der Waals surface area contributed by atoms with Gasteiger partial charge < -0.3 is 9.30 Å². The summed E-state index contributed by atoms with van der Waals surface area (Å²) in [7, 11) is -1.92. The van der Waals surface area contributed by atoms with Crippen LogP contribution in [-0.2, 0) is 16.9 Å². The molecular formula is C16H14F3N3O3S. The van der Waals surface area contributed by atoms with Crippen LogP contribution in [0.3, 0.4) is 0 Å². The molecule has 26 heavy (non-hydrogen) atoms. The molecule has 0 N–H and O–H groups in total. The summed E-state index contributed by atoms with van der Waals surface area (Å²) in [5.74, 6) is -0.284. The lowest BCUT2D eigenvalue weighted by Crippen LogP contribution is -2.16. The molecule has 0 unspecified atom stereocenters. The van der Waals surface area contributed by atoms with Crippen molar-refractivity contribution < 1.29 is 26.3 Å². The Balaban J connectivity index is 2.17. The number of pyridine rings is 1. The van der Waals surface area contributed by atoms with Crippen LogP contribution >= 0.6 is 0 Å². The zero-order chi connectivity index (χ0) is 19.1. The van der Waals surface area contributed by atoms with E-state index in [0.717, 1.165) is 6.07 Å². The second-order valence-electron chi connectivity index (χ2n) is 5.45. The van der Waals surface area contributed by atoms with Gasteiger partial charge in [0, 0.05) is 19.3 Å². The number of hydrogen-bond acceptors (Lipinski definition) is 5. The molecule has 0 saturated heterocycles. The van der Waals surface area contributed by atoms with Gasteiger partial charge in [-0.25, -0.2) is 13.4 Å². The van der Waals surface area contributed by atoms with Crippen molar-refractivity contribution in [1.82, 2.24) is 14.5 Å². The van der Waals surface area contributed by atoms with Crippen LogP contribution in [0.15, 0.2) is 41.4 Å². The summed E-state index contributed by atoms with van der Waals surface area (Å²) in [6, 6.07) is 6.67. The first-order valence-corrected chi connectivity index (χ1v) is 9.18. The number of rotatable bonds is 4. The van der Waals surface area contributed by atoms with Gasteiger partial charge in [0.2, 0.25) is 0 Å². The molecular weight excluding hydrogens is 371 g/mol. The first-order valence-electron chi connectivity index (χ1n) is 7.53. The van der Waals surface area contributed by atoms with Crippen molar-refractivity contribution in [1.29, 1.82) is 0 Å². The van der Waals surface area contributed by atoms with Crippen LogP contribution in [-0.4, -0.2) is 35.1 Å². The van der Waals surface area contributed by atoms with E-state index in [1.165, 1.54) is 37.4 Å². The number of aromatic nitrogens is 3. The van der Waals surface area contributed by atoms with E-state index in [-0.39, 0.29) is 27.7 Å². The number of ether oxygens (including phenoxy) is 1. The maximum atomic E-state index is 12.4. The minimum absolute atomic E-state index is 0.0210. The van der Waals surface area contributed by atoms with Crippen LogP contribution in [0.25, 0.3) is 22.6 Å². The van der Waals surface area contributed by atoms with Gasteiger partial charge in [0.15, 0.2) is 15.7 Å². The highest BCUT2D eigenvalue weighted by Crippen LogP contribution is 2.31. The Morgan fingerprint density at radius 2 is 1.96 bits per heavy atom. The van der Waals surface area contributed by atoms with E-state index in [4.69, 9.17) is 0 Å². The van der Waals surface area contributed by atoms with Gasteiger partial charge in [0.05, 0.1) is 21.7 Å². The quantitative estimate of drug-likeness (QED) is 0.689. The number of sulfone groups is 1. The average molecular weight is 385 g/mol. The van der Waals surface area contributed by atoms with E-state index < -0.39 is 21.9 Å². The van der Waals surface area contributed by atoms with E-state index in [0.29, 0.717) is 5.52 Å². The molecule has 0 radical (unpaired) electrons. The number of alkyl halides is 3. The third-order valence-corrected chi connectivity index (χ3v) is 5.54. The number of aryl methyl sites for hydroxylation is 1. The molecule has 0 spiro atoms. The summed E-state index contributed by atoms with van der Waals surface area (Å²) in [5.41, 5.74) is 0.890. The van der Waals surface area contributed by atoms with Gasteiger partial charge >= 0.3 is 6.36 Å². The van der Waals surface area contributed by atoms with Crippen molar-refractivity contribution in [3.8, 4) is 17.3 Å². The van der Waals surface area contributed by atoms with Gasteiger partial charge in [-0.15, -0.1) is 13.2 Å². The summed E-state index contributed by atoms with van der Waals surface area (Å²) in [6.45, 7) is 1.52. The van der Waals surface area contributed by atoms with E-state index >= 15 is 0 Å². The van der Waals surface area contributed by atoms with E-state index in [9.17, 15) is 21.6 Å². The van der Waals surface area contributed by atoms with Gasteiger partial charge in [-0.2, -0.15) is 0 Å². The fourth-order valence-corrected chi connectivity index (χ4v) is 3.59. The maximum absolute atomic E-state index is 12.4. The summed E-state index contributed by atoms with van der Waals surface area (Å²) in [6.07, 6.45) is -3.38. The highest BCUT2D eigenvalue weighted by atomic mass is 32.2. The molecule has 0 amide bonds. The number of halogens is 3. The number of fused-ring (bicyclic) bond motifs is 1. The van der Waals surface area contributed by atoms with Crippen molar-refractivity contribution in [2.75, 3.05) is 5.75 Å². The van der Waals surface area contributed by atoms with Crippen molar-refractivity contribution in [2.24, 2.45) is 7.05 Å². The Bertz CT molecular complexity index is 1080. The molecule has 0 fully saturated rings. The van der Waals surface area contributed by atoms with Crippen LogP contribution < -0.4 is 4.74 Å². The number of nitrogens with zero attached hydrogens (tertiary/aromatic N) is 3. The Kier molecular flexibility index (Phi) is 4.39. The van der Waals surface area contributed by atoms with Crippen molar-refractivity contribution >= 4 is 20.9 Å². The maximum Gasteiger partial charge on any atom is 0.573 e. The van der Waals surface area contributed by atoms with Crippen LogP contribution in [0.2, 0.25) is 0 Å². The molecule has 0 aliphatic heterocycles. The average Bonchev–Trinajstić information content (AvgIpc) is 2.89. The third kappa shape index (κ3) is 3.36. The molecule has 10 heteroatoms. The highest BCUT2D eigenvalue weighted by Gasteiger charge is 2.31. The Morgan fingerprint density at radius 1 is 1.23 bits per heavy atom. The Hall–Kier alpha value is -2.62. The van der Waals surface area contributed by atoms with Crippen LogP contribution in [0, 0.1) is 0 Å². The molecule has 6 nitrogen and oxygen atoms in total. The minimum Gasteiger partial charge on any atom is -0.406 e. The largest absolute Gasteiger partial charge is 0.573 e.